The van der Waals surface area contributed by atoms with Gasteiger partial charge in [0.25, 0.3) is 5.78 Å². The molecule has 0 N–H and O–H groups in total. The number of rotatable bonds is 5. The SMILES string of the molecule is CC(C)Cc1cccc(CC(C)C)c1C(=O)C(F)(F)F. The normalized spacial score (nSPS) is 12.2. The Balaban J connectivity index is 3.35. The number of alkyl halides is 3. The van der Waals surface area contributed by atoms with Crippen LogP contribution >= 0.6 is 0 Å². The van der Waals surface area contributed by atoms with Gasteiger partial charge < -0.3 is 0 Å². The van der Waals surface area contributed by atoms with Gasteiger partial charge in [-0.15, -0.1) is 0 Å². The summed E-state index contributed by atoms with van der Waals surface area (Å²) in [6.45, 7) is 7.71. The van der Waals surface area contributed by atoms with Crippen LogP contribution in [-0.2, 0) is 12.8 Å². The summed E-state index contributed by atoms with van der Waals surface area (Å²) < 4.78 is 38.5. The van der Waals surface area contributed by atoms with Crippen molar-refractivity contribution in [3.05, 3.63) is 34.9 Å². The number of carbonyl (C=O) groups is 1. The maximum Gasteiger partial charge on any atom is 0.454 e. The van der Waals surface area contributed by atoms with Crippen LogP contribution in [0.25, 0.3) is 0 Å². The predicted octanol–water partition coefficient (Wildman–Crippen LogP) is 4.83. The molecule has 0 fully saturated rings. The van der Waals surface area contributed by atoms with Crippen molar-refractivity contribution >= 4 is 5.78 Å². The molecule has 0 saturated carbocycles. The Hall–Kier alpha value is -1.32. The molecule has 0 spiro atoms. The molecule has 0 saturated heterocycles. The van der Waals surface area contributed by atoms with E-state index in [4.69, 9.17) is 0 Å². The van der Waals surface area contributed by atoms with Gasteiger partial charge >= 0.3 is 6.18 Å². The Labute approximate surface area is 118 Å². The summed E-state index contributed by atoms with van der Waals surface area (Å²) >= 11 is 0. The molecule has 0 amide bonds. The molecule has 1 aromatic carbocycles. The summed E-state index contributed by atoms with van der Waals surface area (Å²) in [5, 5.41) is 0. The third kappa shape index (κ3) is 4.36. The van der Waals surface area contributed by atoms with E-state index in [0.29, 0.717) is 24.0 Å². The van der Waals surface area contributed by atoms with Crippen molar-refractivity contribution in [1.29, 1.82) is 0 Å². The minimum atomic E-state index is -4.82. The first-order chi connectivity index (χ1) is 9.12. The molecule has 0 unspecified atom stereocenters. The number of Topliss-reactive ketones (excluding diaryl/α,β-unsaturated/α-hetero) is 1. The maximum atomic E-state index is 12.8. The zero-order chi connectivity index (χ0) is 15.5. The summed E-state index contributed by atoms with van der Waals surface area (Å²) in [6.07, 6.45) is -3.87. The first kappa shape index (κ1) is 16.7. The Morgan fingerprint density at radius 3 is 1.70 bits per heavy atom. The molecule has 1 aromatic rings. The molecule has 0 radical (unpaired) electrons. The average Bonchev–Trinajstić information content (AvgIpc) is 2.25. The fraction of sp³-hybridized carbons (Fsp3) is 0.562. The van der Waals surface area contributed by atoms with E-state index >= 15 is 0 Å². The van der Waals surface area contributed by atoms with Gasteiger partial charge in [0.15, 0.2) is 0 Å². The molecule has 0 aliphatic heterocycles. The molecular formula is C16H21F3O. The highest BCUT2D eigenvalue weighted by Gasteiger charge is 2.41. The van der Waals surface area contributed by atoms with Crippen LogP contribution in [0.2, 0.25) is 0 Å². The largest absolute Gasteiger partial charge is 0.454 e. The predicted molar refractivity (Wildman–Crippen MR) is 73.9 cm³/mol. The summed E-state index contributed by atoms with van der Waals surface area (Å²) in [4.78, 5) is 11.7. The third-order valence-corrected chi connectivity index (χ3v) is 2.98. The lowest BCUT2D eigenvalue weighted by atomic mass is 9.88. The fourth-order valence-electron chi connectivity index (χ4n) is 2.31. The first-order valence-electron chi connectivity index (χ1n) is 6.85. The van der Waals surface area contributed by atoms with Gasteiger partial charge in [0.05, 0.1) is 0 Å². The van der Waals surface area contributed by atoms with Crippen LogP contribution in [0.3, 0.4) is 0 Å². The van der Waals surface area contributed by atoms with Crippen LogP contribution in [0, 0.1) is 11.8 Å². The van der Waals surface area contributed by atoms with Crippen molar-refractivity contribution in [2.75, 3.05) is 0 Å². The number of halogens is 3. The second kappa shape index (κ2) is 6.42. The van der Waals surface area contributed by atoms with Crippen molar-refractivity contribution in [3.63, 3.8) is 0 Å². The van der Waals surface area contributed by atoms with E-state index in [1.54, 1.807) is 18.2 Å². The molecule has 112 valence electrons. The molecule has 0 heterocycles. The molecule has 0 aliphatic rings. The second-order valence-corrected chi connectivity index (χ2v) is 5.97. The third-order valence-electron chi connectivity index (χ3n) is 2.98. The Morgan fingerprint density at radius 2 is 1.40 bits per heavy atom. The Morgan fingerprint density at radius 1 is 1.00 bits per heavy atom. The lowest BCUT2D eigenvalue weighted by Crippen LogP contribution is -2.26. The van der Waals surface area contributed by atoms with Crippen LogP contribution in [0.15, 0.2) is 18.2 Å². The van der Waals surface area contributed by atoms with E-state index in [1.807, 2.05) is 27.7 Å². The zero-order valence-corrected chi connectivity index (χ0v) is 12.3. The maximum absolute atomic E-state index is 12.8. The lowest BCUT2D eigenvalue weighted by molar-refractivity contribution is -0.0886. The van der Waals surface area contributed by atoms with Crippen molar-refractivity contribution in [2.24, 2.45) is 11.8 Å². The van der Waals surface area contributed by atoms with E-state index in [1.165, 1.54) is 0 Å². The number of hydrogen-bond donors (Lipinski definition) is 0. The lowest BCUT2D eigenvalue weighted by Gasteiger charge is -2.17. The van der Waals surface area contributed by atoms with Gasteiger partial charge in [-0.25, -0.2) is 0 Å². The highest BCUT2D eigenvalue weighted by molar-refractivity contribution is 6.02. The van der Waals surface area contributed by atoms with E-state index in [9.17, 15) is 18.0 Å². The molecule has 0 aliphatic carbocycles. The van der Waals surface area contributed by atoms with E-state index in [-0.39, 0.29) is 17.4 Å². The molecule has 4 heteroatoms. The molecule has 0 aromatic heterocycles. The van der Waals surface area contributed by atoms with Crippen LogP contribution in [-0.4, -0.2) is 12.0 Å². The minimum absolute atomic E-state index is 0.137. The fourth-order valence-corrected chi connectivity index (χ4v) is 2.31. The number of benzene rings is 1. The van der Waals surface area contributed by atoms with Crippen LogP contribution < -0.4 is 0 Å². The molecule has 1 rings (SSSR count). The first-order valence-corrected chi connectivity index (χ1v) is 6.85. The molecule has 0 atom stereocenters. The van der Waals surface area contributed by atoms with Crippen molar-refractivity contribution in [2.45, 2.75) is 46.7 Å². The highest BCUT2D eigenvalue weighted by atomic mass is 19.4. The Kier molecular flexibility index (Phi) is 5.37. The smallest absolute Gasteiger partial charge is 0.284 e. The molecule has 0 bridgehead atoms. The number of carbonyl (C=O) groups excluding carboxylic acids is 1. The standard InChI is InChI=1S/C16H21F3O/c1-10(2)8-12-6-5-7-13(9-11(3)4)14(12)15(20)16(17,18)19/h5-7,10-11H,8-9H2,1-4H3. The van der Waals surface area contributed by atoms with Gasteiger partial charge in [-0.05, 0) is 35.8 Å². The number of ketones is 1. The van der Waals surface area contributed by atoms with Crippen molar-refractivity contribution < 1.29 is 18.0 Å². The van der Waals surface area contributed by atoms with Crippen LogP contribution in [0.4, 0.5) is 13.2 Å². The van der Waals surface area contributed by atoms with E-state index < -0.39 is 12.0 Å². The number of hydrogen-bond acceptors (Lipinski definition) is 1. The van der Waals surface area contributed by atoms with Gasteiger partial charge in [-0.1, -0.05) is 45.9 Å². The summed E-state index contributed by atoms with van der Waals surface area (Å²) in [7, 11) is 0. The van der Waals surface area contributed by atoms with Gasteiger partial charge in [-0.2, -0.15) is 13.2 Å². The van der Waals surface area contributed by atoms with Gasteiger partial charge in [0, 0.05) is 5.56 Å². The molecule has 1 nitrogen and oxygen atoms in total. The second-order valence-electron chi connectivity index (χ2n) is 5.97. The molecule has 20 heavy (non-hydrogen) atoms. The summed E-state index contributed by atoms with van der Waals surface area (Å²) in [5.74, 6) is -1.32. The van der Waals surface area contributed by atoms with Gasteiger partial charge in [0.1, 0.15) is 0 Å². The van der Waals surface area contributed by atoms with Crippen LogP contribution in [0.5, 0.6) is 0 Å². The monoisotopic (exact) mass is 286 g/mol. The van der Waals surface area contributed by atoms with Crippen LogP contribution in [0.1, 0.15) is 49.2 Å². The zero-order valence-electron chi connectivity index (χ0n) is 12.3. The topological polar surface area (TPSA) is 17.1 Å². The Bertz CT molecular complexity index is 445. The van der Waals surface area contributed by atoms with E-state index in [0.717, 1.165) is 0 Å². The highest BCUT2D eigenvalue weighted by Crippen LogP contribution is 2.28. The molecular weight excluding hydrogens is 265 g/mol. The van der Waals surface area contributed by atoms with Crippen molar-refractivity contribution in [3.8, 4) is 0 Å². The van der Waals surface area contributed by atoms with E-state index in [2.05, 4.69) is 0 Å². The summed E-state index contributed by atoms with van der Waals surface area (Å²) in [6, 6.07) is 4.99. The summed E-state index contributed by atoms with van der Waals surface area (Å²) in [5.41, 5.74) is 0.864. The van der Waals surface area contributed by atoms with Gasteiger partial charge in [0.2, 0.25) is 0 Å². The van der Waals surface area contributed by atoms with Gasteiger partial charge in [-0.3, -0.25) is 4.79 Å². The van der Waals surface area contributed by atoms with Crippen molar-refractivity contribution in [1.82, 2.24) is 0 Å². The quantitative estimate of drug-likeness (QED) is 0.709. The minimum Gasteiger partial charge on any atom is -0.284 e. The average molecular weight is 286 g/mol.